The minimum Gasteiger partial charge on any atom is -0.495 e. The highest BCUT2D eigenvalue weighted by Gasteiger charge is 1.96. The number of nitrogens with zero attached hydrogens (tertiary/aromatic N) is 1. The third-order valence-corrected chi connectivity index (χ3v) is 2.19. The third kappa shape index (κ3) is 6.12. The van der Waals surface area contributed by atoms with Gasteiger partial charge < -0.3 is 14.8 Å². The van der Waals surface area contributed by atoms with Crippen LogP contribution in [0.1, 0.15) is 20.3 Å². The normalized spacial score (nSPS) is 10.6. The topological polar surface area (TPSA) is 43.4 Å². The predicted molar refractivity (Wildman–Crippen MR) is 69.6 cm³/mol. The highest BCUT2D eigenvalue weighted by molar-refractivity contribution is 5.37. The van der Waals surface area contributed by atoms with Gasteiger partial charge in [-0.2, -0.15) is 0 Å². The molecule has 4 nitrogen and oxygen atoms in total. The lowest BCUT2D eigenvalue weighted by molar-refractivity contribution is 0.110. The molecule has 1 rings (SSSR count). The van der Waals surface area contributed by atoms with E-state index in [4.69, 9.17) is 9.47 Å². The predicted octanol–water partition coefficient (Wildman–Crippen LogP) is 2.56. The molecule has 0 aliphatic heterocycles. The maximum Gasteiger partial charge on any atom is 0.137 e. The van der Waals surface area contributed by atoms with Crippen LogP contribution in [-0.2, 0) is 4.74 Å². The first-order valence-electron chi connectivity index (χ1n) is 6.04. The third-order valence-electron chi connectivity index (χ3n) is 2.19. The summed E-state index contributed by atoms with van der Waals surface area (Å²) in [5.74, 6) is 2.25. The second-order valence-electron chi connectivity index (χ2n) is 4.33. The van der Waals surface area contributed by atoms with Crippen molar-refractivity contribution in [2.24, 2.45) is 5.92 Å². The summed E-state index contributed by atoms with van der Waals surface area (Å²) in [5, 5.41) is 3.24. The van der Waals surface area contributed by atoms with Gasteiger partial charge in [0.05, 0.1) is 13.3 Å². The van der Waals surface area contributed by atoms with Crippen LogP contribution in [0.5, 0.6) is 5.75 Å². The Hall–Kier alpha value is -1.29. The van der Waals surface area contributed by atoms with E-state index in [2.05, 4.69) is 24.1 Å². The van der Waals surface area contributed by atoms with Gasteiger partial charge in [0, 0.05) is 19.8 Å². The van der Waals surface area contributed by atoms with E-state index in [0.29, 0.717) is 5.92 Å². The Kier molecular flexibility index (Phi) is 6.40. The van der Waals surface area contributed by atoms with Crippen molar-refractivity contribution in [3.8, 4) is 5.75 Å². The van der Waals surface area contributed by atoms with E-state index in [1.807, 2.05) is 12.1 Å². The summed E-state index contributed by atoms with van der Waals surface area (Å²) >= 11 is 0. The fourth-order valence-corrected chi connectivity index (χ4v) is 1.32. The van der Waals surface area contributed by atoms with E-state index in [-0.39, 0.29) is 0 Å². The number of methoxy groups -OCH3 is 1. The molecule has 0 saturated heterocycles. The van der Waals surface area contributed by atoms with E-state index in [9.17, 15) is 0 Å². The molecule has 0 bridgehead atoms. The number of aromatic nitrogens is 1. The molecule has 17 heavy (non-hydrogen) atoms. The van der Waals surface area contributed by atoms with Crippen molar-refractivity contribution >= 4 is 5.82 Å². The zero-order chi connectivity index (χ0) is 12.5. The summed E-state index contributed by atoms with van der Waals surface area (Å²) in [5.41, 5.74) is 0. The zero-order valence-electron chi connectivity index (χ0n) is 10.9. The highest BCUT2D eigenvalue weighted by atomic mass is 16.5. The Balaban J connectivity index is 2.09. The molecule has 0 aliphatic carbocycles. The first kappa shape index (κ1) is 13.8. The minimum absolute atomic E-state index is 0.603. The van der Waals surface area contributed by atoms with Gasteiger partial charge in [0.2, 0.25) is 0 Å². The van der Waals surface area contributed by atoms with Crippen LogP contribution in [0, 0.1) is 5.92 Å². The summed E-state index contributed by atoms with van der Waals surface area (Å²) in [6.07, 6.45) is 2.69. The molecule has 0 unspecified atom stereocenters. The molecule has 0 radical (unpaired) electrons. The fraction of sp³-hybridized carbons (Fsp3) is 0.615. The van der Waals surface area contributed by atoms with Crippen LogP contribution < -0.4 is 10.1 Å². The standard InChI is InChI=1S/C13H22N2O2/c1-11(2)10-17-8-4-7-14-13-6-5-12(16-3)9-15-13/h5-6,9,11H,4,7-8,10H2,1-3H3,(H,14,15). The van der Waals surface area contributed by atoms with Crippen molar-refractivity contribution in [2.45, 2.75) is 20.3 Å². The lowest BCUT2D eigenvalue weighted by atomic mass is 10.2. The van der Waals surface area contributed by atoms with Crippen LogP contribution in [0.15, 0.2) is 18.3 Å². The van der Waals surface area contributed by atoms with Gasteiger partial charge in [0.25, 0.3) is 0 Å². The maximum absolute atomic E-state index is 5.49. The lowest BCUT2D eigenvalue weighted by Crippen LogP contribution is -2.09. The number of anilines is 1. The van der Waals surface area contributed by atoms with Gasteiger partial charge in [-0.25, -0.2) is 4.98 Å². The fourth-order valence-electron chi connectivity index (χ4n) is 1.32. The van der Waals surface area contributed by atoms with Gasteiger partial charge in [-0.15, -0.1) is 0 Å². The minimum atomic E-state index is 0.603. The number of pyridine rings is 1. The molecule has 0 spiro atoms. The average molecular weight is 238 g/mol. The Labute approximate surface area is 103 Å². The molecule has 96 valence electrons. The van der Waals surface area contributed by atoms with Crippen molar-refractivity contribution in [3.63, 3.8) is 0 Å². The molecular weight excluding hydrogens is 216 g/mol. The summed E-state index contributed by atoms with van der Waals surface area (Å²) in [6, 6.07) is 3.80. The van der Waals surface area contributed by atoms with Crippen molar-refractivity contribution in [1.29, 1.82) is 0 Å². The molecule has 0 aliphatic rings. The molecular formula is C13H22N2O2. The second-order valence-corrected chi connectivity index (χ2v) is 4.33. The molecule has 0 atom stereocenters. The van der Waals surface area contributed by atoms with Gasteiger partial charge in [-0.05, 0) is 24.5 Å². The molecule has 1 heterocycles. The van der Waals surface area contributed by atoms with Crippen molar-refractivity contribution in [2.75, 3.05) is 32.2 Å². The Morgan fingerprint density at radius 2 is 2.18 bits per heavy atom. The molecule has 1 aromatic heterocycles. The number of hydrogen-bond acceptors (Lipinski definition) is 4. The van der Waals surface area contributed by atoms with Crippen molar-refractivity contribution in [1.82, 2.24) is 4.98 Å². The van der Waals surface area contributed by atoms with Gasteiger partial charge in [0.15, 0.2) is 0 Å². The van der Waals surface area contributed by atoms with E-state index < -0.39 is 0 Å². The van der Waals surface area contributed by atoms with Crippen molar-refractivity contribution < 1.29 is 9.47 Å². The number of nitrogens with one attached hydrogen (secondary N) is 1. The van der Waals surface area contributed by atoms with Gasteiger partial charge in [0.1, 0.15) is 11.6 Å². The lowest BCUT2D eigenvalue weighted by Gasteiger charge is -2.08. The molecule has 4 heteroatoms. The molecule has 0 saturated carbocycles. The number of hydrogen-bond donors (Lipinski definition) is 1. The smallest absolute Gasteiger partial charge is 0.137 e. The summed E-state index contributed by atoms with van der Waals surface area (Å²) in [7, 11) is 1.64. The van der Waals surface area contributed by atoms with Gasteiger partial charge in [-0.1, -0.05) is 13.8 Å². The monoisotopic (exact) mass is 238 g/mol. The Morgan fingerprint density at radius 3 is 2.76 bits per heavy atom. The van der Waals surface area contributed by atoms with Crippen molar-refractivity contribution in [3.05, 3.63) is 18.3 Å². The summed E-state index contributed by atoms with van der Waals surface area (Å²) in [6.45, 7) is 6.80. The summed E-state index contributed by atoms with van der Waals surface area (Å²) in [4.78, 5) is 4.22. The van der Waals surface area contributed by atoms with Crippen LogP contribution in [0.2, 0.25) is 0 Å². The summed E-state index contributed by atoms with van der Waals surface area (Å²) < 4.78 is 10.5. The first-order chi connectivity index (χ1) is 8.22. The molecule has 0 fully saturated rings. The number of ether oxygens (including phenoxy) is 2. The Bertz CT molecular complexity index is 299. The Morgan fingerprint density at radius 1 is 1.35 bits per heavy atom. The number of rotatable bonds is 8. The zero-order valence-corrected chi connectivity index (χ0v) is 10.9. The van der Waals surface area contributed by atoms with Crippen LogP contribution in [0.3, 0.4) is 0 Å². The van der Waals surface area contributed by atoms with E-state index >= 15 is 0 Å². The van der Waals surface area contributed by atoms with E-state index in [1.165, 1.54) is 0 Å². The molecule has 1 aromatic rings. The van der Waals surface area contributed by atoms with Crippen LogP contribution in [0.4, 0.5) is 5.82 Å². The van der Waals surface area contributed by atoms with E-state index in [0.717, 1.165) is 37.7 Å². The van der Waals surface area contributed by atoms with E-state index in [1.54, 1.807) is 13.3 Å². The quantitative estimate of drug-likeness (QED) is 0.707. The van der Waals surface area contributed by atoms with Gasteiger partial charge in [-0.3, -0.25) is 0 Å². The maximum atomic E-state index is 5.49. The first-order valence-corrected chi connectivity index (χ1v) is 6.04. The second kappa shape index (κ2) is 7.90. The largest absolute Gasteiger partial charge is 0.495 e. The van der Waals surface area contributed by atoms with Crippen LogP contribution >= 0.6 is 0 Å². The van der Waals surface area contributed by atoms with Gasteiger partial charge >= 0.3 is 0 Å². The average Bonchev–Trinajstić information content (AvgIpc) is 2.34. The SMILES string of the molecule is COc1ccc(NCCCOCC(C)C)nc1. The molecule has 0 aromatic carbocycles. The van der Waals surface area contributed by atoms with Crippen LogP contribution in [0.25, 0.3) is 0 Å². The molecule has 0 amide bonds. The highest BCUT2D eigenvalue weighted by Crippen LogP contribution is 2.10. The van der Waals surface area contributed by atoms with Crippen LogP contribution in [-0.4, -0.2) is 31.9 Å². The molecule has 1 N–H and O–H groups in total.